The molecular weight excluding hydrogens is 148 g/mol. The normalized spacial score (nSPS) is 16.7. The molecule has 2 nitrogen and oxygen atoms in total. The van der Waals surface area contributed by atoms with Gasteiger partial charge in [0, 0.05) is 18.5 Å². The number of amidine groups is 1. The van der Waals surface area contributed by atoms with Gasteiger partial charge < -0.3 is 4.90 Å². The minimum atomic E-state index is 0.386. The van der Waals surface area contributed by atoms with Crippen LogP contribution in [0.1, 0.15) is 40.0 Å². The first-order chi connectivity index (χ1) is 5.66. The zero-order chi connectivity index (χ0) is 9.14. The fourth-order valence-corrected chi connectivity index (χ4v) is 1.46. The average Bonchev–Trinajstić information content (AvgIpc) is 2.81. The molecular formula is C10H20N2. The Kier molecular flexibility index (Phi) is 3.12. The van der Waals surface area contributed by atoms with Gasteiger partial charge in [-0.05, 0) is 19.3 Å². The van der Waals surface area contributed by atoms with Crippen molar-refractivity contribution in [2.24, 2.45) is 5.92 Å². The highest BCUT2D eigenvalue weighted by Gasteiger charge is 2.30. The molecule has 1 rings (SSSR count). The zero-order valence-electron chi connectivity index (χ0n) is 8.43. The van der Waals surface area contributed by atoms with Crippen LogP contribution in [0, 0.1) is 11.3 Å². The molecule has 0 heterocycles. The van der Waals surface area contributed by atoms with Crippen molar-refractivity contribution in [1.29, 1.82) is 5.41 Å². The predicted molar refractivity (Wildman–Crippen MR) is 52.6 cm³/mol. The lowest BCUT2D eigenvalue weighted by molar-refractivity contribution is 0.386. The summed E-state index contributed by atoms with van der Waals surface area (Å²) >= 11 is 0. The Labute approximate surface area is 75.5 Å². The van der Waals surface area contributed by atoms with Gasteiger partial charge in [0.1, 0.15) is 0 Å². The quantitative estimate of drug-likeness (QED) is 0.507. The van der Waals surface area contributed by atoms with Crippen LogP contribution in [0.3, 0.4) is 0 Å². The van der Waals surface area contributed by atoms with Gasteiger partial charge in [-0.3, -0.25) is 5.41 Å². The second kappa shape index (κ2) is 3.92. The number of hydrogen-bond donors (Lipinski definition) is 1. The molecule has 0 amide bonds. The number of nitrogens with one attached hydrogen (secondary N) is 1. The lowest BCUT2D eigenvalue weighted by Gasteiger charge is -2.26. The second-order valence-electron chi connectivity index (χ2n) is 3.96. The SMILES string of the molecule is CCCN(C(=N)C(C)C)C1CC1. The molecule has 1 fully saturated rings. The molecule has 1 saturated carbocycles. The highest BCUT2D eigenvalue weighted by Crippen LogP contribution is 2.28. The molecule has 0 atom stereocenters. The molecule has 0 aromatic rings. The van der Waals surface area contributed by atoms with Crippen LogP contribution < -0.4 is 0 Å². The monoisotopic (exact) mass is 168 g/mol. The highest BCUT2D eigenvalue weighted by atomic mass is 15.2. The van der Waals surface area contributed by atoms with Crippen molar-refractivity contribution in [2.45, 2.75) is 46.1 Å². The van der Waals surface area contributed by atoms with E-state index in [0.29, 0.717) is 12.0 Å². The number of rotatable bonds is 4. The second-order valence-corrected chi connectivity index (χ2v) is 3.96. The Morgan fingerprint density at radius 2 is 2.08 bits per heavy atom. The van der Waals surface area contributed by atoms with Crippen molar-refractivity contribution in [3.05, 3.63) is 0 Å². The van der Waals surface area contributed by atoms with Crippen molar-refractivity contribution in [1.82, 2.24) is 4.90 Å². The van der Waals surface area contributed by atoms with E-state index >= 15 is 0 Å². The van der Waals surface area contributed by atoms with Crippen molar-refractivity contribution in [3.8, 4) is 0 Å². The van der Waals surface area contributed by atoms with Gasteiger partial charge in [-0.2, -0.15) is 0 Å². The Balaban J connectivity index is 2.46. The molecule has 1 N–H and O–H groups in total. The molecule has 0 aromatic heterocycles. The summed E-state index contributed by atoms with van der Waals surface area (Å²) in [4.78, 5) is 2.28. The third-order valence-corrected chi connectivity index (χ3v) is 2.31. The van der Waals surface area contributed by atoms with E-state index in [0.717, 1.165) is 18.8 Å². The fraction of sp³-hybridized carbons (Fsp3) is 0.900. The molecule has 0 bridgehead atoms. The summed E-state index contributed by atoms with van der Waals surface area (Å²) in [5, 5.41) is 7.90. The molecule has 0 spiro atoms. The molecule has 2 heteroatoms. The van der Waals surface area contributed by atoms with E-state index in [4.69, 9.17) is 5.41 Å². The van der Waals surface area contributed by atoms with Crippen LogP contribution in [0.5, 0.6) is 0 Å². The molecule has 70 valence electrons. The van der Waals surface area contributed by atoms with E-state index in [1.54, 1.807) is 0 Å². The Morgan fingerprint density at radius 3 is 2.42 bits per heavy atom. The molecule has 12 heavy (non-hydrogen) atoms. The van der Waals surface area contributed by atoms with Gasteiger partial charge in [-0.1, -0.05) is 20.8 Å². The highest BCUT2D eigenvalue weighted by molar-refractivity contribution is 5.81. The molecule has 0 radical (unpaired) electrons. The van der Waals surface area contributed by atoms with Crippen LogP contribution in [0.25, 0.3) is 0 Å². The molecule has 1 aliphatic rings. The molecule has 0 unspecified atom stereocenters. The van der Waals surface area contributed by atoms with Gasteiger partial charge in [-0.15, -0.1) is 0 Å². The molecule has 1 aliphatic carbocycles. The maximum Gasteiger partial charge on any atom is 0.0986 e. The minimum Gasteiger partial charge on any atom is -0.357 e. The van der Waals surface area contributed by atoms with Crippen LogP contribution in [0.2, 0.25) is 0 Å². The first-order valence-corrected chi connectivity index (χ1v) is 5.02. The Morgan fingerprint density at radius 1 is 1.50 bits per heavy atom. The van der Waals surface area contributed by atoms with Crippen molar-refractivity contribution >= 4 is 5.84 Å². The minimum absolute atomic E-state index is 0.386. The van der Waals surface area contributed by atoms with Crippen LogP contribution >= 0.6 is 0 Å². The van der Waals surface area contributed by atoms with E-state index in [9.17, 15) is 0 Å². The summed E-state index contributed by atoms with van der Waals surface area (Å²) < 4.78 is 0. The summed E-state index contributed by atoms with van der Waals surface area (Å²) in [6, 6.07) is 0.708. The van der Waals surface area contributed by atoms with Crippen molar-refractivity contribution < 1.29 is 0 Å². The van der Waals surface area contributed by atoms with E-state index in [1.807, 2.05) is 0 Å². The first-order valence-electron chi connectivity index (χ1n) is 5.02. The van der Waals surface area contributed by atoms with Gasteiger partial charge in [0.25, 0.3) is 0 Å². The lowest BCUT2D eigenvalue weighted by atomic mass is 10.1. The molecule has 0 aliphatic heterocycles. The topological polar surface area (TPSA) is 27.1 Å². The van der Waals surface area contributed by atoms with Crippen LogP contribution in [-0.4, -0.2) is 23.3 Å². The van der Waals surface area contributed by atoms with Crippen molar-refractivity contribution in [3.63, 3.8) is 0 Å². The van der Waals surface area contributed by atoms with Crippen LogP contribution in [0.4, 0.5) is 0 Å². The van der Waals surface area contributed by atoms with Gasteiger partial charge in [-0.25, -0.2) is 0 Å². The number of nitrogens with zero attached hydrogens (tertiary/aromatic N) is 1. The maximum atomic E-state index is 7.90. The predicted octanol–water partition coefficient (Wildman–Crippen LogP) is 2.49. The average molecular weight is 168 g/mol. The summed E-state index contributed by atoms with van der Waals surface area (Å²) in [6.45, 7) is 7.46. The lowest BCUT2D eigenvalue weighted by Crippen LogP contribution is -2.36. The summed E-state index contributed by atoms with van der Waals surface area (Å²) in [6.07, 6.45) is 3.76. The molecule has 0 aromatic carbocycles. The van der Waals surface area contributed by atoms with Gasteiger partial charge in [0.05, 0.1) is 5.84 Å². The standard InChI is InChI=1S/C10H20N2/c1-4-7-12(9-5-6-9)10(11)8(2)3/h8-9,11H,4-7H2,1-3H3. The van der Waals surface area contributed by atoms with Gasteiger partial charge in [0.2, 0.25) is 0 Å². The van der Waals surface area contributed by atoms with Crippen LogP contribution in [-0.2, 0) is 0 Å². The largest absolute Gasteiger partial charge is 0.357 e. The third-order valence-electron chi connectivity index (χ3n) is 2.31. The smallest absolute Gasteiger partial charge is 0.0986 e. The Bertz CT molecular complexity index is 159. The number of hydrogen-bond acceptors (Lipinski definition) is 1. The van der Waals surface area contributed by atoms with E-state index in [2.05, 4.69) is 25.7 Å². The van der Waals surface area contributed by atoms with E-state index in [-0.39, 0.29) is 0 Å². The summed E-state index contributed by atoms with van der Waals surface area (Å²) in [5.41, 5.74) is 0. The maximum absolute atomic E-state index is 7.90. The molecule has 0 saturated heterocycles. The van der Waals surface area contributed by atoms with E-state index < -0.39 is 0 Å². The van der Waals surface area contributed by atoms with E-state index in [1.165, 1.54) is 12.8 Å². The summed E-state index contributed by atoms with van der Waals surface area (Å²) in [7, 11) is 0. The first kappa shape index (κ1) is 9.56. The van der Waals surface area contributed by atoms with Gasteiger partial charge >= 0.3 is 0 Å². The Hall–Kier alpha value is -0.530. The van der Waals surface area contributed by atoms with Crippen molar-refractivity contribution in [2.75, 3.05) is 6.54 Å². The van der Waals surface area contributed by atoms with Gasteiger partial charge in [0.15, 0.2) is 0 Å². The zero-order valence-corrected chi connectivity index (χ0v) is 8.43. The van der Waals surface area contributed by atoms with Crippen LogP contribution in [0.15, 0.2) is 0 Å². The third kappa shape index (κ3) is 2.23. The fourth-order valence-electron chi connectivity index (χ4n) is 1.46. The summed E-state index contributed by atoms with van der Waals surface area (Å²) in [5.74, 6) is 1.22.